The zero-order valence-corrected chi connectivity index (χ0v) is 44.3. The van der Waals surface area contributed by atoms with Crippen molar-refractivity contribution in [3.8, 4) is 22.3 Å². The van der Waals surface area contributed by atoms with Crippen LogP contribution in [0.4, 0.5) is 9.59 Å². The van der Waals surface area contributed by atoms with Gasteiger partial charge in [0, 0.05) is 83.7 Å². The van der Waals surface area contributed by atoms with Crippen LogP contribution in [-0.4, -0.2) is 126 Å². The van der Waals surface area contributed by atoms with Crippen molar-refractivity contribution < 1.29 is 165 Å². The van der Waals surface area contributed by atoms with E-state index in [-0.39, 0.29) is 117 Å². The summed E-state index contributed by atoms with van der Waals surface area (Å²) in [5, 5.41) is 83.4. The van der Waals surface area contributed by atoms with E-state index in [1.165, 1.54) is 0 Å². The smallest absolute Gasteiger partial charge is 0.407 e. The van der Waals surface area contributed by atoms with E-state index in [1.807, 2.05) is 97.1 Å². The molecule has 2 radical (unpaired) electrons. The van der Waals surface area contributed by atoms with Gasteiger partial charge < -0.3 is 62.4 Å². The van der Waals surface area contributed by atoms with Crippen molar-refractivity contribution in [2.24, 2.45) is 11.5 Å². The molecular formula is C41H46N8O24Y2. The summed E-state index contributed by atoms with van der Waals surface area (Å²) in [5.74, 6) is -5.47. The number of alkyl carbamates (subject to hydrolysis) is 2. The van der Waals surface area contributed by atoms with Gasteiger partial charge in [0.15, 0.2) is 0 Å². The number of carbonyl (C=O) groups is 6. The molecule has 2 aliphatic rings. The molecule has 4 aromatic carbocycles. The Kier molecular flexibility index (Phi) is 34.2. The average molecular weight is 1210 g/mol. The maximum absolute atomic E-state index is 12.0. The third-order valence-electron chi connectivity index (χ3n) is 9.25. The van der Waals surface area contributed by atoms with Crippen LogP contribution in [0, 0.1) is 40.5 Å². The van der Waals surface area contributed by atoms with E-state index in [2.05, 4.69) is 31.8 Å². The minimum atomic E-state index is -1.54. The van der Waals surface area contributed by atoms with Crippen LogP contribution in [-0.2, 0) is 104 Å². The van der Waals surface area contributed by atoms with Crippen LogP contribution in [0.5, 0.6) is 0 Å². The summed E-state index contributed by atoms with van der Waals surface area (Å²) in [6, 6.07) is 28.5. The molecule has 400 valence electrons. The van der Waals surface area contributed by atoms with Crippen molar-refractivity contribution in [3.63, 3.8) is 0 Å². The molecule has 2 amide bonds. The zero-order chi connectivity index (χ0) is 55.2. The molecular weight excluding hydrogens is 1170 g/mol. The maximum Gasteiger partial charge on any atom is 0.407 e. The number of fused-ring (bicyclic) bond motifs is 6. The fraction of sp³-hybridized carbons (Fsp3) is 0.268. The molecule has 32 nitrogen and oxygen atoms in total. The summed E-state index contributed by atoms with van der Waals surface area (Å²) >= 11 is 0. The molecule has 2 unspecified atom stereocenters. The summed E-state index contributed by atoms with van der Waals surface area (Å²) in [7, 11) is 0. The number of nitrogens with zero attached hydrogens (tertiary/aromatic N) is 4. The van der Waals surface area contributed by atoms with Crippen LogP contribution in [0.1, 0.15) is 53.4 Å². The minimum absolute atomic E-state index is 0. The number of rotatable bonds is 17. The van der Waals surface area contributed by atoms with Crippen LogP contribution < -0.4 is 22.1 Å². The Morgan fingerprint density at radius 3 is 1.03 bits per heavy atom. The van der Waals surface area contributed by atoms with E-state index in [9.17, 15) is 28.8 Å². The first-order valence-electron chi connectivity index (χ1n) is 20.2. The maximum atomic E-state index is 12.0. The normalized spacial score (nSPS) is 11.3. The van der Waals surface area contributed by atoms with Gasteiger partial charge in [0.2, 0.25) is 0 Å². The van der Waals surface area contributed by atoms with Crippen LogP contribution >= 0.6 is 0 Å². The number of nitrogens with one attached hydrogen (secondary N) is 2. The van der Waals surface area contributed by atoms with Crippen LogP contribution in [0.15, 0.2) is 97.1 Å². The molecule has 4 aromatic rings. The number of carbonyl (C=O) groups excluding carboxylic acids is 2. The van der Waals surface area contributed by atoms with Gasteiger partial charge in [0.1, 0.15) is 38.8 Å². The molecule has 0 heterocycles. The fourth-order valence-electron chi connectivity index (χ4n) is 6.59. The van der Waals surface area contributed by atoms with E-state index < -0.39 is 74.9 Å². The van der Waals surface area contributed by atoms with E-state index in [0.717, 1.165) is 44.5 Å². The first kappa shape index (κ1) is 69.3. The molecule has 6 rings (SSSR count). The number of carboxylic acid groups (broad SMARTS) is 4. The van der Waals surface area contributed by atoms with Gasteiger partial charge in [0.05, 0.1) is 6.42 Å². The summed E-state index contributed by atoms with van der Waals surface area (Å²) in [6.45, 7) is -0.648. The van der Waals surface area contributed by atoms with Crippen molar-refractivity contribution in [1.82, 2.24) is 10.6 Å². The van der Waals surface area contributed by atoms with Crippen molar-refractivity contribution in [1.29, 1.82) is 0 Å². The first-order chi connectivity index (χ1) is 34.4. The van der Waals surface area contributed by atoms with Gasteiger partial charge in [-0.05, 0) is 50.9 Å². The predicted molar refractivity (Wildman–Crippen MR) is 240 cm³/mol. The molecule has 0 aliphatic heterocycles. The Morgan fingerprint density at radius 1 is 0.520 bits per heavy atom. The Morgan fingerprint density at radius 2 is 0.800 bits per heavy atom. The van der Waals surface area contributed by atoms with E-state index in [4.69, 9.17) is 80.8 Å². The summed E-state index contributed by atoms with van der Waals surface area (Å²) < 4.78 is 10.5. The Balaban J connectivity index is 0. The number of benzene rings is 4. The van der Waals surface area contributed by atoms with Gasteiger partial charge in [-0.15, -0.1) is 40.5 Å². The molecule has 0 saturated carbocycles. The number of aliphatic carboxylic acids is 4. The number of nitrogens with two attached hydrogens (primary N) is 2. The molecule has 0 spiro atoms. The SMILES string of the molecule is NCO[N+](=O)[O-].NCO[N+](=O)[O-].O=C(O)CC(NC(=O)OCC1c2ccccc2-c2ccccc21)C(=O)O.O=C(O)CCC(NC(=O)OCC1c2ccccc2-c2ccccc21)C(=O)O.O=[N+]([O-])O.O=[N+]([O-])O.[Y].[Y]. The number of ether oxygens (including phenoxy) is 2. The quantitative estimate of drug-likeness (QED) is 0.0413. The predicted octanol–water partition coefficient (Wildman–Crippen LogP) is 2.82. The molecule has 12 N–H and O–H groups in total. The molecule has 75 heavy (non-hydrogen) atoms. The molecule has 2 atom stereocenters. The van der Waals surface area contributed by atoms with E-state index in [1.54, 1.807) is 0 Å². The second kappa shape index (κ2) is 37.0. The van der Waals surface area contributed by atoms with Crippen LogP contribution in [0.2, 0.25) is 0 Å². The van der Waals surface area contributed by atoms with Gasteiger partial charge in [0.25, 0.3) is 20.3 Å². The number of hydrogen-bond acceptors (Lipinski definition) is 20. The second-order valence-corrected chi connectivity index (χ2v) is 13.8. The van der Waals surface area contributed by atoms with E-state index in [0.29, 0.717) is 0 Å². The average Bonchev–Trinajstić information content (AvgIpc) is 3.80. The molecule has 0 aromatic heterocycles. The van der Waals surface area contributed by atoms with Crippen molar-refractivity contribution in [3.05, 3.63) is 160 Å². The summed E-state index contributed by atoms with van der Waals surface area (Å²) in [6.07, 6.45) is -3.13. The molecule has 0 bridgehead atoms. The topological polar surface area (TPSA) is 509 Å². The second-order valence-electron chi connectivity index (χ2n) is 13.8. The van der Waals surface area contributed by atoms with Gasteiger partial charge in [-0.3, -0.25) is 19.3 Å². The van der Waals surface area contributed by atoms with Crippen molar-refractivity contribution in [2.75, 3.05) is 26.7 Å². The Bertz CT molecular complexity index is 2430. The van der Waals surface area contributed by atoms with Gasteiger partial charge in [-0.1, -0.05) is 97.1 Å². The zero-order valence-electron chi connectivity index (χ0n) is 38.6. The minimum Gasteiger partial charge on any atom is -0.481 e. The fourth-order valence-corrected chi connectivity index (χ4v) is 6.59. The van der Waals surface area contributed by atoms with Gasteiger partial charge in [-0.2, -0.15) is 0 Å². The number of hydrogen-bond donors (Lipinski definition) is 10. The number of carboxylic acids is 4. The molecule has 34 heteroatoms. The van der Waals surface area contributed by atoms with Gasteiger partial charge >= 0.3 is 36.1 Å². The van der Waals surface area contributed by atoms with E-state index >= 15 is 0 Å². The molecule has 0 saturated heterocycles. The van der Waals surface area contributed by atoms with Crippen LogP contribution in [0.25, 0.3) is 22.3 Å². The Hall–Kier alpha value is -7.77. The first-order valence-corrected chi connectivity index (χ1v) is 20.2. The monoisotopic (exact) mass is 1210 g/mol. The van der Waals surface area contributed by atoms with Crippen molar-refractivity contribution >= 4 is 36.1 Å². The molecule has 0 fully saturated rings. The third kappa shape index (κ3) is 26.7. The molecule has 2 aliphatic carbocycles. The standard InChI is InChI=1S/C20H19NO6.C19H17NO6.2CH4N2O3.2HNO3.2Y/c22-18(23)10-9-17(19(24)25)21-20(26)27-11-16-14-7-3-1-5-12(14)13-6-2-4-8-15(13)16;21-17(22)9-16(18(23)24)20-19(25)26-10-15-13-7-3-1-5-11(13)12-6-2-4-8-14(12)15;2*2-1-6-3(4)5;2*2-1(3)4;;/h1-8,16-17H,9-11H2,(H,21,26)(H,22,23)(H,24,25);1-8,15-16H,9-10H2,(H,20,25)(H,21,22)(H,23,24);2*1-2H2;2*(H,2,3,4);;. The van der Waals surface area contributed by atoms with Gasteiger partial charge in [-0.25, -0.2) is 19.2 Å². The Labute approximate surface area is 471 Å². The van der Waals surface area contributed by atoms with Crippen molar-refractivity contribution in [2.45, 2.75) is 43.2 Å². The summed E-state index contributed by atoms with van der Waals surface area (Å²) in [5.41, 5.74) is 17.6. The largest absolute Gasteiger partial charge is 0.481 e. The third-order valence-corrected chi connectivity index (χ3v) is 9.25. The van der Waals surface area contributed by atoms with Crippen LogP contribution in [0.3, 0.4) is 0 Å². The number of amides is 2. The summed E-state index contributed by atoms with van der Waals surface area (Å²) in [4.78, 5) is 109.